The third-order valence-electron chi connectivity index (χ3n) is 3.43. The van der Waals surface area contributed by atoms with Gasteiger partial charge in [0.2, 0.25) is 5.91 Å². The Labute approximate surface area is 128 Å². The first-order chi connectivity index (χ1) is 9.94. The van der Waals surface area contributed by atoms with Crippen molar-refractivity contribution < 1.29 is 13.7 Å². The molecule has 0 aliphatic heterocycles. The lowest BCUT2D eigenvalue weighted by Crippen LogP contribution is -2.41. The summed E-state index contributed by atoms with van der Waals surface area (Å²) in [5.41, 5.74) is 6.21. The van der Waals surface area contributed by atoms with E-state index in [0.717, 1.165) is 12.8 Å². The first-order valence-corrected chi connectivity index (χ1v) is 8.30. The van der Waals surface area contributed by atoms with Crippen LogP contribution in [0, 0.1) is 0 Å². The van der Waals surface area contributed by atoms with Crippen molar-refractivity contribution in [3.8, 4) is 5.75 Å². The maximum atomic E-state index is 12.6. The summed E-state index contributed by atoms with van der Waals surface area (Å²) in [6.45, 7) is 5.68. The molecule has 21 heavy (non-hydrogen) atoms. The van der Waals surface area contributed by atoms with Gasteiger partial charge in [-0.15, -0.1) is 0 Å². The van der Waals surface area contributed by atoms with Gasteiger partial charge in [0.1, 0.15) is 11.0 Å². The molecule has 0 aliphatic carbocycles. The van der Waals surface area contributed by atoms with Gasteiger partial charge in [0.25, 0.3) is 0 Å². The van der Waals surface area contributed by atoms with Gasteiger partial charge in [0.05, 0.1) is 22.8 Å². The molecule has 1 aromatic carbocycles. The molecular formula is C15H24N2O3S. The first kappa shape index (κ1) is 17.5. The molecule has 0 saturated carbocycles. The molecule has 3 N–H and O–H groups in total. The van der Waals surface area contributed by atoms with Crippen LogP contribution in [0.2, 0.25) is 0 Å². The zero-order chi connectivity index (χ0) is 16.0. The summed E-state index contributed by atoms with van der Waals surface area (Å²) < 4.78 is 17.8. The predicted molar refractivity (Wildman–Crippen MR) is 85.8 cm³/mol. The highest BCUT2D eigenvalue weighted by Crippen LogP contribution is 2.26. The number of hydrogen-bond acceptors (Lipinski definition) is 4. The minimum Gasteiger partial charge on any atom is -0.495 e. The molecule has 118 valence electrons. The van der Waals surface area contributed by atoms with Gasteiger partial charge in [0, 0.05) is 17.8 Å². The fourth-order valence-corrected chi connectivity index (χ4v) is 3.14. The number of methoxy groups -OCH3 is 1. The van der Waals surface area contributed by atoms with Crippen LogP contribution in [0.25, 0.3) is 0 Å². The van der Waals surface area contributed by atoms with E-state index in [1.54, 1.807) is 25.1 Å². The number of nitrogens with two attached hydrogens (primary N) is 1. The average Bonchev–Trinajstić information content (AvgIpc) is 2.50. The zero-order valence-corrected chi connectivity index (χ0v) is 13.8. The van der Waals surface area contributed by atoms with E-state index in [1.807, 2.05) is 13.8 Å². The number of anilines is 1. The van der Waals surface area contributed by atoms with Crippen LogP contribution >= 0.6 is 0 Å². The Balaban J connectivity index is 2.90. The second-order valence-corrected chi connectivity index (χ2v) is 6.61. The van der Waals surface area contributed by atoms with Gasteiger partial charge < -0.3 is 15.8 Å². The van der Waals surface area contributed by atoms with Gasteiger partial charge >= 0.3 is 0 Å². The molecule has 0 bridgehead atoms. The molecule has 0 heterocycles. The molecule has 1 aromatic rings. The minimum atomic E-state index is -1.49. The van der Waals surface area contributed by atoms with Crippen LogP contribution in [0.3, 0.4) is 0 Å². The number of hydrogen-bond donors (Lipinski definition) is 2. The van der Waals surface area contributed by atoms with Gasteiger partial charge in [0.15, 0.2) is 0 Å². The maximum Gasteiger partial charge on any atom is 0.236 e. The second kappa shape index (κ2) is 8.02. The van der Waals surface area contributed by atoms with Crippen molar-refractivity contribution in [2.75, 3.05) is 12.8 Å². The summed E-state index contributed by atoms with van der Waals surface area (Å²) in [5, 5.41) is 2.27. The van der Waals surface area contributed by atoms with E-state index in [-0.39, 0.29) is 11.9 Å². The van der Waals surface area contributed by atoms with Crippen LogP contribution in [0.1, 0.15) is 33.6 Å². The molecule has 0 radical (unpaired) electrons. The van der Waals surface area contributed by atoms with Crippen LogP contribution in [-0.4, -0.2) is 28.5 Å². The Kier molecular flexibility index (Phi) is 6.68. The summed E-state index contributed by atoms with van der Waals surface area (Å²) in [5.74, 6) is 0.233. The zero-order valence-electron chi connectivity index (χ0n) is 13.0. The smallest absolute Gasteiger partial charge is 0.236 e. The van der Waals surface area contributed by atoms with Crippen molar-refractivity contribution in [3.63, 3.8) is 0 Å². The Morgan fingerprint density at radius 2 is 2.00 bits per heavy atom. The Bertz CT molecular complexity index is 516. The van der Waals surface area contributed by atoms with Crippen LogP contribution in [0.5, 0.6) is 5.75 Å². The van der Waals surface area contributed by atoms with Gasteiger partial charge in [-0.3, -0.25) is 9.00 Å². The highest BCUT2D eigenvalue weighted by atomic mass is 32.2. The van der Waals surface area contributed by atoms with Crippen molar-refractivity contribution in [2.24, 2.45) is 0 Å². The lowest BCUT2D eigenvalue weighted by molar-refractivity contribution is -0.121. The topological polar surface area (TPSA) is 81.4 Å². The van der Waals surface area contributed by atoms with Crippen molar-refractivity contribution in [2.45, 2.75) is 49.8 Å². The predicted octanol–water partition coefficient (Wildman–Crippen LogP) is 2.08. The molecule has 0 aromatic heterocycles. The third-order valence-corrected chi connectivity index (χ3v) is 5.05. The van der Waals surface area contributed by atoms with Crippen LogP contribution in [0.15, 0.2) is 23.1 Å². The number of nitrogen functional groups attached to an aromatic ring is 1. The number of carbonyl (C=O) groups excluding carboxylic acids is 1. The second-order valence-electron chi connectivity index (χ2n) is 4.87. The molecule has 0 fully saturated rings. The van der Waals surface area contributed by atoms with Gasteiger partial charge in [-0.05, 0) is 31.9 Å². The largest absolute Gasteiger partial charge is 0.495 e. The van der Waals surface area contributed by atoms with E-state index in [1.165, 1.54) is 7.11 Å². The molecule has 2 unspecified atom stereocenters. The summed E-state index contributed by atoms with van der Waals surface area (Å²) in [4.78, 5) is 12.7. The fourth-order valence-electron chi connectivity index (χ4n) is 1.95. The molecule has 0 spiro atoms. The van der Waals surface area contributed by atoms with E-state index < -0.39 is 16.0 Å². The summed E-state index contributed by atoms with van der Waals surface area (Å²) in [6, 6.07) is 5.02. The highest BCUT2D eigenvalue weighted by Gasteiger charge is 2.25. The number of amides is 1. The third kappa shape index (κ3) is 4.46. The lowest BCUT2D eigenvalue weighted by Gasteiger charge is -2.19. The van der Waals surface area contributed by atoms with Crippen LogP contribution < -0.4 is 15.8 Å². The number of benzene rings is 1. The quantitative estimate of drug-likeness (QED) is 0.755. The minimum absolute atomic E-state index is 0.116. The first-order valence-electron chi connectivity index (χ1n) is 7.09. The maximum absolute atomic E-state index is 12.6. The standard InChI is InChI=1S/C15H24N2O3S/c1-5-12(6-2)17-15(18)10(3)21(19)14-8-7-11(16)9-13(14)20-4/h7-10,12H,5-6,16H2,1-4H3,(H,17,18). The molecule has 6 heteroatoms. The number of carbonyl (C=O) groups is 1. The van der Waals surface area contributed by atoms with Crippen molar-refractivity contribution in [3.05, 3.63) is 18.2 Å². The number of nitrogens with one attached hydrogen (secondary N) is 1. The summed E-state index contributed by atoms with van der Waals surface area (Å²) in [7, 11) is -0.000459. The molecule has 0 aliphatic rings. The van der Waals surface area contributed by atoms with Gasteiger partial charge in [-0.25, -0.2) is 0 Å². The molecular weight excluding hydrogens is 288 g/mol. The Morgan fingerprint density at radius 3 is 2.52 bits per heavy atom. The van der Waals surface area contributed by atoms with E-state index in [9.17, 15) is 9.00 Å². The Hall–Kier alpha value is -1.56. The summed E-state index contributed by atoms with van der Waals surface area (Å²) >= 11 is 0. The molecule has 0 saturated heterocycles. The molecule has 5 nitrogen and oxygen atoms in total. The molecule has 2 atom stereocenters. The van der Waals surface area contributed by atoms with E-state index >= 15 is 0 Å². The molecule has 1 amide bonds. The summed E-state index contributed by atoms with van der Waals surface area (Å²) in [6.07, 6.45) is 1.71. The average molecular weight is 312 g/mol. The highest BCUT2D eigenvalue weighted by molar-refractivity contribution is 7.86. The van der Waals surface area contributed by atoms with Crippen molar-refractivity contribution in [1.29, 1.82) is 0 Å². The number of rotatable bonds is 7. The Morgan fingerprint density at radius 1 is 1.38 bits per heavy atom. The van der Waals surface area contributed by atoms with Crippen LogP contribution in [0.4, 0.5) is 5.69 Å². The van der Waals surface area contributed by atoms with E-state index in [0.29, 0.717) is 16.3 Å². The van der Waals surface area contributed by atoms with Crippen LogP contribution in [-0.2, 0) is 15.6 Å². The van der Waals surface area contributed by atoms with E-state index in [4.69, 9.17) is 10.5 Å². The van der Waals surface area contributed by atoms with Gasteiger partial charge in [-0.2, -0.15) is 0 Å². The van der Waals surface area contributed by atoms with E-state index in [2.05, 4.69) is 5.32 Å². The molecule has 1 rings (SSSR count). The SMILES string of the molecule is CCC(CC)NC(=O)C(C)S(=O)c1ccc(N)cc1OC. The van der Waals surface area contributed by atoms with Crippen molar-refractivity contribution >= 4 is 22.4 Å². The number of ether oxygens (including phenoxy) is 1. The monoisotopic (exact) mass is 312 g/mol. The normalized spacial score (nSPS) is 13.8. The van der Waals surface area contributed by atoms with Crippen molar-refractivity contribution in [1.82, 2.24) is 5.32 Å². The van der Waals surface area contributed by atoms with Gasteiger partial charge in [-0.1, -0.05) is 13.8 Å². The lowest BCUT2D eigenvalue weighted by atomic mass is 10.2. The fraction of sp³-hybridized carbons (Fsp3) is 0.533.